The molecule has 11 nitrogen and oxygen atoms in total. The highest BCUT2D eigenvalue weighted by atomic mass is 31.2. The van der Waals surface area contributed by atoms with Gasteiger partial charge in [-0.1, -0.05) is 84.0 Å². The normalized spacial score (nSPS) is 23.0. The first-order valence-corrected chi connectivity index (χ1v) is 17.4. The minimum atomic E-state index is -4.28. The van der Waals surface area contributed by atoms with Gasteiger partial charge in [0.05, 0.1) is 19.3 Å². The van der Waals surface area contributed by atoms with Crippen molar-refractivity contribution in [1.82, 2.24) is 9.55 Å². The zero-order valence-corrected chi connectivity index (χ0v) is 27.0. The highest BCUT2D eigenvalue weighted by Crippen LogP contribution is 2.45. The molecule has 1 fully saturated rings. The van der Waals surface area contributed by atoms with Crippen LogP contribution in [-0.2, 0) is 23.1 Å². The lowest BCUT2D eigenvalue weighted by Crippen LogP contribution is -2.33. The lowest BCUT2D eigenvalue weighted by Gasteiger charge is -2.18. The van der Waals surface area contributed by atoms with Gasteiger partial charge in [-0.15, -0.1) is 9.24 Å². The molecule has 1 aliphatic heterocycles. The second-order valence-corrected chi connectivity index (χ2v) is 13.4. The van der Waals surface area contributed by atoms with Crippen LogP contribution in [0, 0.1) is 5.92 Å². The van der Waals surface area contributed by atoms with Crippen LogP contribution in [0.25, 0.3) is 0 Å². The molecule has 1 aliphatic rings. The lowest BCUT2D eigenvalue weighted by atomic mass is 9.96. The fraction of sp³-hybridized carbons (Fsp3) is 0.857. The first-order valence-electron chi connectivity index (χ1n) is 15.2. The van der Waals surface area contributed by atoms with Gasteiger partial charge in [0, 0.05) is 25.6 Å². The number of hydrogen-bond donors (Lipinski definition) is 3. The Morgan fingerprint density at radius 1 is 1.02 bits per heavy atom. The molecule has 13 heteroatoms. The van der Waals surface area contributed by atoms with Crippen molar-refractivity contribution in [3.63, 3.8) is 0 Å². The molecule has 0 bridgehead atoms. The van der Waals surface area contributed by atoms with Crippen molar-refractivity contribution in [3.8, 4) is 0 Å². The molecule has 0 radical (unpaired) electrons. The molecule has 0 spiro atoms. The molecule has 4 N–H and O–H groups in total. The van der Waals surface area contributed by atoms with E-state index in [-0.39, 0.29) is 19.0 Å². The lowest BCUT2D eigenvalue weighted by molar-refractivity contribution is -0.0531. The predicted molar refractivity (Wildman–Crippen MR) is 164 cm³/mol. The summed E-state index contributed by atoms with van der Waals surface area (Å²) in [5.41, 5.74) is 4.32. The van der Waals surface area contributed by atoms with Crippen LogP contribution in [0.5, 0.6) is 0 Å². The number of hydrogen-bond acceptors (Lipinski definition) is 9. The third kappa shape index (κ3) is 14.4. The molecule has 2 rings (SSSR count). The molecule has 5 unspecified atom stereocenters. The van der Waals surface area contributed by atoms with Gasteiger partial charge in [-0.05, 0) is 24.8 Å². The number of methoxy groups -OCH3 is 1. The van der Waals surface area contributed by atoms with Crippen LogP contribution in [0.15, 0.2) is 17.1 Å². The second kappa shape index (κ2) is 20.1. The van der Waals surface area contributed by atoms with E-state index in [1.807, 2.05) is 0 Å². The first-order chi connectivity index (χ1) is 19.6. The van der Waals surface area contributed by atoms with Gasteiger partial charge >= 0.3 is 13.5 Å². The molecule has 0 saturated carbocycles. The van der Waals surface area contributed by atoms with Gasteiger partial charge in [0.15, 0.2) is 6.23 Å². The van der Waals surface area contributed by atoms with Crippen LogP contribution < -0.4 is 11.4 Å². The van der Waals surface area contributed by atoms with Crippen molar-refractivity contribution in [2.24, 2.45) is 5.92 Å². The molecule has 238 valence electrons. The number of nitrogens with two attached hydrogens (primary N) is 1. The SMILES string of the molecule is COCCCCCCCCCCCC(C)CCCCCOP(=O)(O)OC[C@H]1O[C@@H](n2ccc(N)nc2=O)C(O)C1P. The van der Waals surface area contributed by atoms with E-state index >= 15 is 0 Å². The third-order valence-corrected chi connectivity index (χ3v) is 9.41. The van der Waals surface area contributed by atoms with Gasteiger partial charge in [-0.3, -0.25) is 13.6 Å². The molecule has 1 aromatic rings. The predicted octanol–water partition coefficient (Wildman–Crippen LogP) is 5.21. The largest absolute Gasteiger partial charge is 0.472 e. The number of ether oxygens (including phenoxy) is 2. The summed E-state index contributed by atoms with van der Waals surface area (Å²) in [5.74, 6) is 0.750. The number of nitrogens with zero attached hydrogens (tertiary/aromatic N) is 2. The maximum absolute atomic E-state index is 12.3. The quantitative estimate of drug-likeness (QED) is 0.110. The molecule has 7 atom stereocenters. The average molecular weight is 622 g/mol. The fourth-order valence-corrected chi connectivity index (χ4v) is 6.20. The van der Waals surface area contributed by atoms with E-state index in [4.69, 9.17) is 24.3 Å². The summed E-state index contributed by atoms with van der Waals surface area (Å²) >= 11 is 0. The topological polar surface area (TPSA) is 155 Å². The average Bonchev–Trinajstić information content (AvgIpc) is 3.21. The Bertz CT molecular complexity index is 953. The van der Waals surface area contributed by atoms with E-state index in [0.717, 1.165) is 30.4 Å². The summed E-state index contributed by atoms with van der Waals surface area (Å²) in [5, 5.41) is 10.5. The number of phosphoric acid groups is 1. The smallest absolute Gasteiger partial charge is 0.388 e. The van der Waals surface area contributed by atoms with E-state index < -0.39 is 37.6 Å². The van der Waals surface area contributed by atoms with Crippen LogP contribution in [0.2, 0.25) is 0 Å². The molecule has 41 heavy (non-hydrogen) atoms. The van der Waals surface area contributed by atoms with Gasteiger partial charge in [0.2, 0.25) is 0 Å². The molecule has 0 aromatic carbocycles. The van der Waals surface area contributed by atoms with Crippen LogP contribution in [0.4, 0.5) is 5.82 Å². The summed E-state index contributed by atoms with van der Waals surface area (Å²) in [6, 6.07) is 1.42. The van der Waals surface area contributed by atoms with E-state index in [0.29, 0.717) is 12.3 Å². The Balaban J connectivity index is 1.50. The number of aromatic nitrogens is 2. The first kappa shape index (κ1) is 36.3. The monoisotopic (exact) mass is 621 g/mol. The van der Waals surface area contributed by atoms with Crippen molar-refractivity contribution < 1.29 is 33.1 Å². The van der Waals surface area contributed by atoms with E-state index in [1.54, 1.807) is 7.11 Å². The fourth-order valence-electron chi connectivity index (χ4n) is 5.04. The maximum Gasteiger partial charge on any atom is 0.472 e. The number of aliphatic hydroxyl groups excluding tert-OH is 1. The molecule has 1 aromatic heterocycles. The Kier molecular flexibility index (Phi) is 17.8. The van der Waals surface area contributed by atoms with Gasteiger partial charge < -0.3 is 25.2 Å². The summed E-state index contributed by atoms with van der Waals surface area (Å²) < 4.78 is 34.5. The highest BCUT2D eigenvalue weighted by molar-refractivity contribution is 7.47. The van der Waals surface area contributed by atoms with E-state index in [9.17, 15) is 19.4 Å². The van der Waals surface area contributed by atoms with E-state index in [2.05, 4.69) is 21.1 Å². The van der Waals surface area contributed by atoms with Crippen molar-refractivity contribution in [1.29, 1.82) is 0 Å². The summed E-state index contributed by atoms with van der Waals surface area (Å²) in [6.45, 7) is 3.03. The minimum absolute atomic E-state index is 0.0611. The molecular weight excluding hydrogens is 568 g/mol. The second-order valence-electron chi connectivity index (χ2n) is 11.2. The van der Waals surface area contributed by atoms with Crippen LogP contribution >= 0.6 is 17.1 Å². The zero-order chi connectivity index (χ0) is 30.1. The molecule has 1 saturated heterocycles. The number of anilines is 1. The molecule has 0 amide bonds. The summed E-state index contributed by atoms with van der Waals surface area (Å²) in [4.78, 5) is 25.8. The molecule has 2 heterocycles. The summed E-state index contributed by atoms with van der Waals surface area (Å²) in [7, 11) is -0.0854. The van der Waals surface area contributed by atoms with Gasteiger partial charge in [0.25, 0.3) is 0 Å². The minimum Gasteiger partial charge on any atom is -0.388 e. The van der Waals surface area contributed by atoms with E-state index in [1.165, 1.54) is 76.5 Å². The standard InChI is InChI=1S/C28H53N3O8P2/c1-22(15-11-8-6-4-3-5-7-9-13-19-36-2)16-12-10-14-20-37-41(34,35)38-21-23-26(40)25(32)27(39-23)31-18-17-24(29)30-28(31)33/h17-18,22-23,25-27,32H,3-16,19-21,40H2,1-2H3,(H,34,35)(H2,29,30,33)/t22?,23-,25?,26?,27-/m1/s1. The van der Waals surface area contributed by atoms with Crippen LogP contribution in [0.1, 0.15) is 103 Å². The van der Waals surface area contributed by atoms with Crippen molar-refractivity contribution in [3.05, 3.63) is 22.7 Å². The number of aliphatic hydroxyl groups is 1. The van der Waals surface area contributed by atoms with Crippen LogP contribution in [0.3, 0.4) is 0 Å². The molecular formula is C28H53N3O8P2. The Labute approximate surface area is 247 Å². The summed E-state index contributed by atoms with van der Waals surface area (Å²) in [6.07, 6.45) is 15.4. The number of phosphoric ester groups is 1. The number of nitrogen functional groups attached to an aromatic ring is 1. The van der Waals surface area contributed by atoms with Gasteiger partial charge in [-0.2, -0.15) is 4.98 Å². The number of unbranched alkanes of at least 4 members (excludes halogenated alkanes) is 10. The number of rotatable bonds is 23. The highest BCUT2D eigenvalue weighted by Gasteiger charge is 2.43. The molecule has 0 aliphatic carbocycles. The Hall–Kier alpha value is -0.900. The Morgan fingerprint density at radius 3 is 2.20 bits per heavy atom. The van der Waals surface area contributed by atoms with Crippen molar-refractivity contribution in [2.75, 3.05) is 32.7 Å². The van der Waals surface area contributed by atoms with Crippen molar-refractivity contribution in [2.45, 2.75) is 121 Å². The maximum atomic E-state index is 12.3. The van der Waals surface area contributed by atoms with Gasteiger partial charge in [-0.25, -0.2) is 9.36 Å². The Morgan fingerprint density at radius 2 is 1.59 bits per heavy atom. The van der Waals surface area contributed by atoms with Crippen molar-refractivity contribution >= 4 is 22.9 Å². The zero-order valence-electron chi connectivity index (χ0n) is 24.9. The van der Waals surface area contributed by atoms with Gasteiger partial charge in [0.1, 0.15) is 11.9 Å². The van der Waals surface area contributed by atoms with Crippen LogP contribution in [-0.4, -0.2) is 64.3 Å². The third-order valence-electron chi connectivity index (χ3n) is 7.60.